The minimum Gasteiger partial charge on any atom is -0.486 e. The quantitative estimate of drug-likeness (QED) is 0.846. The molecule has 0 aromatic heterocycles. The molecule has 2 aromatic carbocycles. The molecule has 25 heavy (non-hydrogen) atoms. The lowest BCUT2D eigenvalue weighted by molar-refractivity contribution is -0.146. The van der Waals surface area contributed by atoms with Gasteiger partial charge in [0.15, 0.2) is 18.1 Å². The number of ether oxygens (including phenoxy) is 3. The van der Waals surface area contributed by atoms with Crippen LogP contribution in [-0.2, 0) is 20.7 Å². The Morgan fingerprint density at radius 2 is 1.84 bits per heavy atom. The molecule has 1 N–H and O–H groups in total. The van der Waals surface area contributed by atoms with Gasteiger partial charge in [0, 0.05) is 5.69 Å². The fourth-order valence-corrected chi connectivity index (χ4v) is 2.46. The molecule has 0 unspecified atom stereocenters. The number of benzene rings is 2. The van der Waals surface area contributed by atoms with Crippen LogP contribution in [-0.4, -0.2) is 31.7 Å². The molecule has 0 radical (unpaired) electrons. The number of carbonyl (C=O) groups excluding carboxylic acids is 2. The molecule has 0 atom stereocenters. The zero-order chi connectivity index (χ0) is 17.6. The van der Waals surface area contributed by atoms with E-state index in [1.807, 2.05) is 25.1 Å². The van der Waals surface area contributed by atoms with E-state index in [0.29, 0.717) is 30.4 Å². The van der Waals surface area contributed by atoms with E-state index in [0.717, 1.165) is 11.1 Å². The third-order valence-electron chi connectivity index (χ3n) is 3.74. The van der Waals surface area contributed by atoms with Gasteiger partial charge in [0.25, 0.3) is 5.91 Å². The molecule has 0 bridgehead atoms. The lowest BCUT2D eigenvalue weighted by atomic mass is 10.1. The van der Waals surface area contributed by atoms with Crippen LogP contribution in [0.3, 0.4) is 0 Å². The molecule has 1 aliphatic rings. The maximum absolute atomic E-state index is 11.9. The van der Waals surface area contributed by atoms with E-state index in [9.17, 15) is 9.59 Å². The van der Waals surface area contributed by atoms with Gasteiger partial charge in [-0.05, 0) is 36.2 Å². The fourth-order valence-electron chi connectivity index (χ4n) is 2.46. The van der Waals surface area contributed by atoms with Crippen LogP contribution in [0.25, 0.3) is 0 Å². The minimum absolute atomic E-state index is 0.0638. The summed E-state index contributed by atoms with van der Waals surface area (Å²) >= 11 is 0. The Kier molecular flexibility index (Phi) is 5.18. The Balaban J connectivity index is 1.49. The van der Waals surface area contributed by atoms with Gasteiger partial charge in [0.1, 0.15) is 13.2 Å². The number of anilines is 1. The van der Waals surface area contributed by atoms with E-state index in [2.05, 4.69) is 5.32 Å². The number of aryl methyl sites for hydroxylation is 1. The molecule has 2 aromatic rings. The second-order valence-electron chi connectivity index (χ2n) is 5.68. The van der Waals surface area contributed by atoms with Crippen LogP contribution in [0.2, 0.25) is 0 Å². The highest BCUT2D eigenvalue weighted by Crippen LogP contribution is 2.30. The molecular weight excluding hydrogens is 322 g/mol. The first-order valence-electron chi connectivity index (χ1n) is 8.01. The number of fused-ring (bicyclic) bond motifs is 1. The smallest absolute Gasteiger partial charge is 0.310 e. The highest BCUT2D eigenvalue weighted by Gasteiger charge is 2.14. The van der Waals surface area contributed by atoms with Gasteiger partial charge in [-0.3, -0.25) is 9.59 Å². The Morgan fingerprint density at radius 1 is 1.08 bits per heavy atom. The zero-order valence-corrected chi connectivity index (χ0v) is 13.9. The maximum Gasteiger partial charge on any atom is 0.310 e. The minimum atomic E-state index is -0.475. The molecule has 0 saturated carbocycles. The summed E-state index contributed by atoms with van der Waals surface area (Å²) in [6, 6.07) is 12.7. The summed E-state index contributed by atoms with van der Waals surface area (Å²) < 4.78 is 16.0. The van der Waals surface area contributed by atoms with Crippen LogP contribution in [0.4, 0.5) is 5.69 Å². The van der Waals surface area contributed by atoms with Gasteiger partial charge in [-0.25, -0.2) is 0 Å². The topological polar surface area (TPSA) is 73.9 Å². The Hall–Kier alpha value is -3.02. The van der Waals surface area contributed by atoms with E-state index >= 15 is 0 Å². The van der Waals surface area contributed by atoms with Gasteiger partial charge in [0.2, 0.25) is 0 Å². The van der Waals surface area contributed by atoms with Crippen LogP contribution in [0.15, 0.2) is 42.5 Å². The van der Waals surface area contributed by atoms with E-state index in [1.54, 1.807) is 24.3 Å². The van der Waals surface area contributed by atoms with Crippen molar-refractivity contribution >= 4 is 17.6 Å². The lowest BCUT2D eigenvalue weighted by Gasteiger charge is -2.18. The molecule has 1 amide bonds. The van der Waals surface area contributed by atoms with E-state index in [1.165, 1.54) is 0 Å². The van der Waals surface area contributed by atoms with Crippen LogP contribution in [0.5, 0.6) is 11.5 Å². The van der Waals surface area contributed by atoms with E-state index in [4.69, 9.17) is 14.2 Å². The monoisotopic (exact) mass is 341 g/mol. The van der Waals surface area contributed by atoms with E-state index < -0.39 is 5.97 Å². The highest BCUT2D eigenvalue weighted by molar-refractivity contribution is 5.93. The summed E-state index contributed by atoms with van der Waals surface area (Å²) in [5.74, 6) is 0.441. The molecule has 1 aliphatic heterocycles. The summed E-state index contributed by atoms with van der Waals surface area (Å²) in [5.41, 5.74) is 2.39. The molecule has 0 spiro atoms. The second kappa shape index (κ2) is 7.70. The first-order valence-corrected chi connectivity index (χ1v) is 8.01. The van der Waals surface area contributed by atoms with Crippen molar-refractivity contribution in [2.75, 3.05) is 25.1 Å². The number of carbonyl (C=O) groups is 2. The first kappa shape index (κ1) is 16.8. The van der Waals surface area contributed by atoms with Crippen molar-refractivity contribution in [1.82, 2.24) is 0 Å². The number of esters is 1. The molecule has 6 nitrogen and oxygen atoms in total. The zero-order valence-electron chi connectivity index (χ0n) is 13.9. The van der Waals surface area contributed by atoms with Gasteiger partial charge >= 0.3 is 5.97 Å². The number of hydrogen-bond donors (Lipinski definition) is 1. The molecule has 130 valence electrons. The summed E-state index contributed by atoms with van der Waals surface area (Å²) in [7, 11) is 0. The predicted octanol–water partition coefficient (Wildman–Crippen LogP) is 2.49. The van der Waals surface area contributed by atoms with Crippen molar-refractivity contribution in [3.05, 3.63) is 53.6 Å². The Bertz CT molecular complexity index is 787. The van der Waals surface area contributed by atoms with Crippen LogP contribution >= 0.6 is 0 Å². The maximum atomic E-state index is 11.9. The van der Waals surface area contributed by atoms with Crippen molar-refractivity contribution in [3.63, 3.8) is 0 Å². The van der Waals surface area contributed by atoms with Gasteiger partial charge in [-0.2, -0.15) is 0 Å². The summed E-state index contributed by atoms with van der Waals surface area (Å²) in [5, 5.41) is 2.72. The van der Waals surface area contributed by atoms with Crippen LogP contribution in [0.1, 0.15) is 11.1 Å². The van der Waals surface area contributed by atoms with E-state index in [-0.39, 0.29) is 18.9 Å². The van der Waals surface area contributed by atoms with Crippen molar-refractivity contribution in [2.24, 2.45) is 0 Å². The average Bonchev–Trinajstić information content (AvgIpc) is 2.62. The molecule has 1 heterocycles. The van der Waals surface area contributed by atoms with Crippen molar-refractivity contribution in [2.45, 2.75) is 13.3 Å². The SMILES string of the molecule is Cc1ccccc1NC(=O)COC(=O)Cc1ccc2c(c1)OCCO2. The predicted molar refractivity (Wildman–Crippen MR) is 91.9 cm³/mol. The first-order chi connectivity index (χ1) is 12.1. The summed E-state index contributed by atoms with van der Waals surface area (Å²) in [6.07, 6.45) is 0.0638. The van der Waals surface area contributed by atoms with Crippen LogP contribution < -0.4 is 14.8 Å². The normalized spacial score (nSPS) is 12.4. The Labute approximate surface area is 145 Å². The summed E-state index contributed by atoms with van der Waals surface area (Å²) in [4.78, 5) is 23.8. The number of rotatable bonds is 5. The Morgan fingerprint density at radius 3 is 2.64 bits per heavy atom. The number of amides is 1. The van der Waals surface area contributed by atoms with Crippen LogP contribution in [0, 0.1) is 6.92 Å². The second-order valence-corrected chi connectivity index (χ2v) is 5.68. The summed E-state index contributed by atoms with van der Waals surface area (Å²) in [6.45, 7) is 2.57. The van der Waals surface area contributed by atoms with Gasteiger partial charge in [0.05, 0.1) is 6.42 Å². The molecule has 0 aliphatic carbocycles. The molecular formula is C19H19NO5. The van der Waals surface area contributed by atoms with Crippen molar-refractivity contribution < 1.29 is 23.8 Å². The lowest BCUT2D eigenvalue weighted by Crippen LogP contribution is -2.22. The van der Waals surface area contributed by atoms with Gasteiger partial charge < -0.3 is 19.5 Å². The van der Waals surface area contributed by atoms with Gasteiger partial charge in [-0.15, -0.1) is 0 Å². The number of para-hydroxylation sites is 1. The molecule has 6 heteroatoms. The molecule has 0 saturated heterocycles. The third-order valence-corrected chi connectivity index (χ3v) is 3.74. The molecule has 0 fully saturated rings. The number of hydrogen-bond acceptors (Lipinski definition) is 5. The molecule has 3 rings (SSSR count). The highest BCUT2D eigenvalue weighted by atomic mass is 16.6. The van der Waals surface area contributed by atoms with Gasteiger partial charge in [-0.1, -0.05) is 24.3 Å². The standard InChI is InChI=1S/C19H19NO5/c1-13-4-2-3-5-15(13)20-18(21)12-25-19(22)11-14-6-7-16-17(10-14)24-9-8-23-16/h2-7,10H,8-9,11-12H2,1H3,(H,20,21). The largest absolute Gasteiger partial charge is 0.486 e. The third kappa shape index (κ3) is 4.50. The van der Waals surface area contributed by atoms with Crippen molar-refractivity contribution in [3.8, 4) is 11.5 Å². The average molecular weight is 341 g/mol. The number of nitrogens with one attached hydrogen (secondary N) is 1. The fraction of sp³-hybridized carbons (Fsp3) is 0.263. The van der Waals surface area contributed by atoms with Crippen molar-refractivity contribution in [1.29, 1.82) is 0 Å².